The van der Waals surface area contributed by atoms with Gasteiger partial charge in [-0.15, -0.1) is 0 Å². The van der Waals surface area contributed by atoms with Gasteiger partial charge in [-0.05, 0) is 42.6 Å². The van der Waals surface area contributed by atoms with Crippen molar-refractivity contribution >= 4 is 0 Å². The van der Waals surface area contributed by atoms with Gasteiger partial charge in [0.15, 0.2) is 0 Å². The zero-order valence-corrected chi connectivity index (χ0v) is 12.8. The number of likely N-dealkylation sites (N-methyl/N-ethyl adjacent to an activating group) is 1. The summed E-state index contributed by atoms with van der Waals surface area (Å²) in [6.45, 7) is 10.7. The van der Waals surface area contributed by atoms with E-state index in [4.69, 9.17) is 4.74 Å². The Morgan fingerprint density at radius 3 is 2.47 bits per heavy atom. The SMILES string of the molecule is CCNCCNCCc1ccc(OC)c(C(C)C)c1. The molecule has 0 atom stereocenters. The van der Waals surface area contributed by atoms with Crippen molar-refractivity contribution in [3.63, 3.8) is 0 Å². The lowest BCUT2D eigenvalue weighted by atomic mass is 9.98. The first kappa shape index (κ1) is 16.0. The molecule has 2 N–H and O–H groups in total. The Kier molecular flexibility index (Phi) is 7.53. The fourth-order valence-corrected chi connectivity index (χ4v) is 2.10. The third-order valence-corrected chi connectivity index (χ3v) is 3.24. The van der Waals surface area contributed by atoms with Crippen molar-refractivity contribution in [3.05, 3.63) is 29.3 Å². The quantitative estimate of drug-likeness (QED) is 0.673. The summed E-state index contributed by atoms with van der Waals surface area (Å²) in [7, 11) is 1.74. The van der Waals surface area contributed by atoms with Crippen LogP contribution in [0.5, 0.6) is 5.75 Å². The highest BCUT2D eigenvalue weighted by atomic mass is 16.5. The highest BCUT2D eigenvalue weighted by molar-refractivity contribution is 5.39. The van der Waals surface area contributed by atoms with Crippen molar-refractivity contribution in [2.75, 3.05) is 33.3 Å². The Balaban J connectivity index is 2.44. The summed E-state index contributed by atoms with van der Waals surface area (Å²) in [6.07, 6.45) is 1.07. The summed E-state index contributed by atoms with van der Waals surface area (Å²) >= 11 is 0. The van der Waals surface area contributed by atoms with Crippen LogP contribution in [0.25, 0.3) is 0 Å². The summed E-state index contributed by atoms with van der Waals surface area (Å²) in [5, 5.41) is 6.76. The number of hydrogen-bond acceptors (Lipinski definition) is 3. The normalized spacial score (nSPS) is 11.0. The van der Waals surface area contributed by atoms with Gasteiger partial charge in [0, 0.05) is 13.1 Å². The predicted molar refractivity (Wildman–Crippen MR) is 82.2 cm³/mol. The predicted octanol–water partition coefficient (Wildman–Crippen LogP) is 2.56. The van der Waals surface area contributed by atoms with Gasteiger partial charge in [-0.25, -0.2) is 0 Å². The topological polar surface area (TPSA) is 33.3 Å². The first-order valence-electron chi connectivity index (χ1n) is 7.27. The maximum atomic E-state index is 5.41. The van der Waals surface area contributed by atoms with Gasteiger partial charge in [-0.2, -0.15) is 0 Å². The number of benzene rings is 1. The van der Waals surface area contributed by atoms with Crippen LogP contribution >= 0.6 is 0 Å². The molecule has 3 heteroatoms. The van der Waals surface area contributed by atoms with Crippen LogP contribution in [0.1, 0.15) is 37.8 Å². The van der Waals surface area contributed by atoms with E-state index in [9.17, 15) is 0 Å². The molecule has 0 aliphatic heterocycles. The molecular weight excluding hydrogens is 236 g/mol. The Bertz CT molecular complexity index is 364. The summed E-state index contributed by atoms with van der Waals surface area (Å²) in [4.78, 5) is 0. The third-order valence-electron chi connectivity index (χ3n) is 3.24. The molecule has 19 heavy (non-hydrogen) atoms. The van der Waals surface area contributed by atoms with Crippen molar-refractivity contribution < 1.29 is 4.74 Å². The summed E-state index contributed by atoms with van der Waals surface area (Å²) in [5.74, 6) is 1.50. The largest absolute Gasteiger partial charge is 0.496 e. The Morgan fingerprint density at radius 1 is 1.11 bits per heavy atom. The lowest BCUT2D eigenvalue weighted by molar-refractivity contribution is 0.407. The summed E-state index contributed by atoms with van der Waals surface area (Å²) < 4.78 is 5.41. The van der Waals surface area contributed by atoms with E-state index < -0.39 is 0 Å². The third kappa shape index (κ3) is 5.62. The molecule has 0 saturated carbocycles. The van der Waals surface area contributed by atoms with Crippen molar-refractivity contribution in [3.8, 4) is 5.75 Å². The molecule has 0 amide bonds. The molecule has 1 aromatic carbocycles. The Morgan fingerprint density at radius 2 is 1.84 bits per heavy atom. The number of nitrogens with one attached hydrogen (secondary N) is 2. The molecular formula is C16H28N2O. The molecule has 1 aromatic rings. The second-order valence-electron chi connectivity index (χ2n) is 5.08. The van der Waals surface area contributed by atoms with Crippen LogP contribution in [0, 0.1) is 0 Å². The summed E-state index contributed by atoms with van der Waals surface area (Å²) in [5.41, 5.74) is 2.67. The van der Waals surface area contributed by atoms with Crippen LogP contribution in [0.15, 0.2) is 18.2 Å². The van der Waals surface area contributed by atoms with Crippen LogP contribution in [0.3, 0.4) is 0 Å². The van der Waals surface area contributed by atoms with Gasteiger partial charge in [-0.1, -0.05) is 32.9 Å². The van der Waals surface area contributed by atoms with E-state index in [1.165, 1.54) is 11.1 Å². The van der Waals surface area contributed by atoms with Crippen LogP contribution < -0.4 is 15.4 Å². The molecule has 108 valence electrons. The maximum absolute atomic E-state index is 5.41. The van der Waals surface area contributed by atoms with Gasteiger partial charge in [0.05, 0.1) is 7.11 Å². The lowest BCUT2D eigenvalue weighted by Gasteiger charge is -2.13. The first-order valence-corrected chi connectivity index (χ1v) is 7.27. The van der Waals surface area contributed by atoms with Crippen LogP contribution in [0.2, 0.25) is 0 Å². The monoisotopic (exact) mass is 264 g/mol. The molecule has 0 radical (unpaired) electrons. The molecule has 0 heterocycles. The zero-order chi connectivity index (χ0) is 14.1. The second kappa shape index (κ2) is 8.94. The first-order chi connectivity index (χ1) is 9.19. The highest BCUT2D eigenvalue weighted by Crippen LogP contribution is 2.27. The van der Waals surface area contributed by atoms with E-state index in [0.717, 1.165) is 38.3 Å². The Hall–Kier alpha value is -1.06. The van der Waals surface area contributed by atoms with Crippen molar-refractivity contribution in [1.29, 1.82) is 0 Å². The number of methoxy groups -OCH3 is 1. The molecule has 0 unspecified atom stereocenters. The number of ether oxygens (including phenoxy) is 1. The number of rotatable bonds is 9. The van der Waals surface area contributed by atoms with Crippen LogP contribution in [-0.2, 0) is 6.42 Å². The molecule has 0 bridgehead atoms. The van der Waals surface area contributed by atoms with Gasteiger partial charge < -0.3 is 15.4 Å². The van der Waals surface area contributed by atoms with Gasteiger partial charge in [-0.3, -0.25) is 0 Å². The standard InChI is InChI=1S/C16H28N2O/c1-5-17-10-11-18-9-8-14-6-7-16(19-4)15(12-14)13(2)3/h6-7,12-13,17-18H,5,8-11H2,1-4H3. The van der Waals surface area contributed by atoms with Gasteiger partial charge in [0.25, 0.3) is 0 Å². The molecule has 0 aliphatic carbocycles. The lowest BCUT2D eigenvalue weighted by Crippen LogP contribution is -2.28. The minimum absolute atomic E-state index is 0.497. The second-order valence-corrected chi connectivity index (χ2v) is 5.08. The van der Waals surface area contributed by atoms with E-state index in [1.807, 2.05) is 0 Å². The van der Waals surface area contributed by atoms with Gasteiger partial charge >= 0.3 is 0 Å². The van der Waals surface area contributed by atoms with Gasteiger partial charge in [0.2, 0.25) is 0 Å². The molecule has 0 aliphatic rings. The fraction of sp³-hybridized carbons (Fsp3) is 0.625. The van der Waals surface area contributed by atoms with E-state index >= 15 is 0 Å². The Labute approximate surface area is 117 Å². The van der Waals surface area contributed by atoms with E-state index in [1.54, 1.807) is 7.11 Å². The van der Waals surface area contributed by atoms with Crippen LogP contribution in [0.4, 0.5) is 0 Å². The molecule has 3 nitrogen and oxygen atoms in total. The minimum Gasteiger partial charge on any atom is -0.496 e. The smallest absolute Gasteiger partial charge is 0.122 e. The average Bonchev–Trinajstić information content (AvgIpc) is 2.42. The van der Waals surface area contributed by atoms with Crippen molar-refractivity contribution in [1.82, 2.24) is 10.6 Å². The van der Waals surface area contributed by atoms with Crippen LogP contribution in [-0.4, -0.2) is 33.3 Å². The minimum atomic E-state index is 0.497. The summed E-state index contributed by atoms with van der Waals surface area (Å²) in [6, 6.07) is 6.52. The maximum Gasteiger partial charge on any atom is 0.122 e. The van der Waals surface area contributed by atoms with Crippen molar-refractivity contribution in [2.45, 2.75) is 33.1 Å². The van der Waals surface area contributed by atoms with E-state index in [2.05, 4.69) is 49.6 Å². The molecule has 1 rings (SSSR count). The van der Waals surface area contributed by atoms with Gasteiger partial charge in [0.1, 0.15) is 5.75 Å². The number of hydrogen-bond donors (Lipinski definition) is 2. The van der Waals surface area contributed by atoms with E-state index in [-0.39, 0.29) is 0 Å². The molecule has 0 fully saturated rings. The van der Waals surface area contributed by atoms with Crippen molar-refractivity contribution in [2.24, 2.45) is 0 Å². The molecule has 0 aromatic heterocycles. The molecule has 0 saturated heterocycles. The average molecular weight is 264 g/mol. The molecule has 0 spiro atoms. The fourth-order valence-electron chi connectivity index (χ4n) is 2.10. The highest BCUT2D eigenvalue weighted by Gasteiger charge is 2.07. The zero-order valence-electron chi connectivity index (χ0n) is 12.8. The van der Waals surface area contributed by atoms with E-state index in [0.29, 0.717) is 5.92 Å².